The zero-order valence-corrected chi connectivity index (χ0v) is 10.4. The Bertz CT molecular complexity index is 285. The minimum atomic E-state index is -0.0624. The molecule has 0 saturated heterocycles. The van der Waals surface area contributed by atoms with E-state index in [1.807, 2.05) is 26.0 Å². The molecule has 0 unspecified atom stereocenters. The van der Waals surface area contributed by atoms with E-state index in [9.17, 15) is 9.59 Å². The Morgan fingerprint density at radius 3 is 1.44 bits per heavy atom. The van der Waals surface area contributed by atoms with Crippen LogP contribution in [0.1, 0.15) is 40.5 Å². The summed E-state index contributed by atoms with van der Waals surface area (Å²) >= 11 is 0. The molecule has 1 rings (SSSR count). The number of amides is 2. The molecule has 0 aromatic carbocycles. The van der Waals surface area contributed by atoms with E-state index in [1.165, 1.54) is 13.8 Å². The fraction of sp³-hybridized carbons (Fsp3) is 0.500. The second kappa shape index (κ2) is 7.68. The SMILES string of the molecule is CC.CC(=O)NC1=CC=C(NC(C)=O)CC1. The van der Waals surface area contributed by atoms with E-state index < -0.39 is 0 Å². The highest BCUT2D eigenvalue weighted by Gasteiger charge is 2.07. The van der Waals surface area contributed by atoms with Crippen LogP contribution in [0, 0.1) is 0 Å². The Morgan fingerprint density at radius 1 is 0.938 bits per heavy atom. The smallest absolute Gasteiger partial charge is 0.220 e. The van der Waals surface area contributed by atoms with Crippen molar-refractivity contribution in [2.75, 3.05) is 0 Å². The lowest BCUT2D eigenvalue weighted by molar-refractivity contribution is -0.119. The van der Waals surface area contributed by atoms with Crippen LogP contribution in [-0.4, -0.2) is 11.8 Å². The highest BCUT2D eigenvalue weighted by atomic mass is 16.2. The van der Waals surface area contributed by atoms with Gasteiger partial charge in [-0.05, 0) is 25.0 Å². The molecule has 0 bridgehead atoms. The molecule has 2 N–H and O–H groups in total. The zero-order valence-electron chi connectivity index (χ0n) is 10.4. The average Bonchev–Trinajstić information content (AvgIpc) is 2.22. The maximum atomic E-state index is 10.7. The molecule has 0 radical (unpaired) electrons. The van der Waals surface area contributed by atoms with Crippen LogP contribution >= 0.6 is 0 Å². The molecule has 1 aliphatic carbocycles. The van der Waals surface area contributed by atoms with Crippen molar-refractivity contribution >= 4 is 11.8 Å². The predicted octanol–water partition coefficient (Wildman–Crippen LogP) is 1.85. The molecule has 16 heavy (non-hydrogen) atoms. The second-order valence-electron chi connectivity index (χ2n) is 3.25. The summed E-state index contributed by atoms with van der Waals surface area (Å²) in [5.74, 6) is -0.125. The normalized spacial score (nSPS) is 13.8. The maximum absolute atomic E-state index is 10.7. The largest absolute Gasteiger partial charge is 0.330 e. The number of rotatable bonds is 2. The third-order valence-corrected chi connectivity index (χ3v) is 1.82. The van der Waals surface area contributed by atoms with Crippen molar-refractivity contribution in [1.82, 2.24) is 10.6 Å². The van der Waals surface area contributed by atoms with Gasteiger partial charge in [0, 0.05) is 25.2 Å². The first-order valence-corrected chi connectivity index (χ1v) is 5.53. The molecule has 0 fully saturated rings. The molecule has 1 aliphatic rings. The molecule has 4 nitrogen and oxygen atoms in total. The van der Waals surface area contributed by atoms with Gasteiger partial charge < -0.3 is 10.6 Å². The van der Waals surface area contributed by atoms with E-state index >= 15 is 0 Å². The first-order chi connectivity index (χ1) is 7.58. The summed E-state index contributed by atoms with van der Waals surface area (Å²) in [5, 5.41) is 5.44. The molecule has 0 atom stereocenters. The summed E-state index contributed by atoms with van der Waals surface area (Å²) in [7, 11) is 0. The number of allylic oxidation sites excluding steroid dienone is 4. The van der Waals surface area contributed by atoms with Crippen LogP contribution in [0.3, 0.4) is 0 Å². The van der Waals surface area contributed by atoms with Gasteiger partial charge in [0.05, 0.1) is 0 Å². The first kappa shape index (κ1) is 14.4. The third-order valence-electron chi connectivity index (χ3n) is 1.82. The van der Waals surface area contributed by atoms with Crippen molar-refractivity contribution < 1.29 is 9.59 Å². The Hall–Kier alpha value is -1.58. The molecule has 90 valence electrons. The van der Waals surface area contributed by atoms with E-state index in [4.69, 9.17) is 0 Å². The highest BCUT2D eigenvalue weighted by molar-refractivity contribution is 5.76. The van der Waals surface area contributed by atoms with E-state index in [-0.39, 0.29) is 11.8 Å². The van der Waals surface area contributed by atoms with Crippen LogP contribution in [0.25, 0.3) is 0 Å². The van der Waals surface area contributed by atoms with Gasteiger partial charge in [-0.3, -0.25) is 9.59 Å². The first-order valence-electron chi connectivity index (χ1n) is 5.53. The summed E-state index contributed by atoms with van der Waals surface area (Å²) in [6.45, 7) is 6.96. The molecule has 0 aromatic heterocycles. The Morgan fingerprint density at radius 2 is 1.25 bits per heavy atom. The highest BCUT2D eigenvalue weighted by Crippen LogP contribution is 2.14. The number of hydrogen-bond donors (Lipinski definition) is 2. The number of carbonyl (C=O) groups excluding carboxylic acids is 2. The molecular formula is C12H20N2O2. The van der Waals surface area contributed by atoms with Crippen LogP contribution in [0.2, 0.25) is 0 Å². The van der Waals surface area contributed by atoms with Crippen LogP contribution in [0.15, 0.2) is 23.5 Å². The van der Waals surface area contributed by atoms with Crippen LogP contribution in [-0.2, 0) is 9.59 Å². The van der Waals surface area contributed by atoms with Gasteiger partial charge >= 0.3 is 0 Å². The number of carbonyl (C=O) groups is 2. The molecule has 0 aromatic rings. The predicted molar refractivity (Wildman–Crippen MR) is 64.4 cm³/mol. The van der Waals surface area contributed by atoms with Gasteiger partial charge in [0.25, 0.3) is 0 Å². The lowest BCUT2D eigenvalue weighted by atomic mass is 10.1. The molecule has 0 saturated carbocycles. The maximum Gasteiger partial charge on any atom is 0.220 e. The summed E-state index contributed by atoms with van der Waals surface area (Å²) in [4.78, 5) is 21.5. The van der Waals surface area contributed by atoms with Gasteiger partial charge in [-0.25, -0.2) is 0 Å². The quantitative estimate of drug-likeness (QED) is 0.752. The van der Waals surface area contributed by atoms with Gasteiger partial charge in [-0.1, -0.05) is 13.8 Å². The standard InChI is InChI=1S/C10H14N2O2.C2H6/c1-7(13)11-9-3-5-10(6-4-9)12-8(2)14;1-2/h3,5H,4,6H2,1-2H3,(H,11,13)(H,12,14);1-2H3. The Balaban J connectivity index is 0.00000106. The number of hydrogen-bond acceptors (Lipinski definition) is 2. The minimum Gasteiger partial charge on any atom is -0.330 e. The van der Waals surface area contributed by atoms with Gasteiger partial charge in [-0.15, -0.1) is 0 Å². The van der Waals surface area contributed by atoms with E-state index in [0.717, 1.165) is 24.2 Å². The van der Waals surface area contributed by atoms with Crippen molar-refractivity contribution in [3.05, 3.63) is 23.5 Å². The van der Waals surface area contributed by atoms with E-state index in [1.54, 1.807) is 0 Å². The summed E-state index contributed by atoms with van der Waals surface area (Å²) in [6, 6.07) is 0. The fourth-order valence-electron chi connectivity index (χ4n) is 1.30. The van der Waals surface area contributed by atoms with E-state index in [0.29, 0.717) is 0 Å². The molecule has 2 amide bonds. The van der Waals surface area contributed by atoms with Crippen LogP contribution in [0.5, 0.6) is 0 Å². The average molecular weight is 224 g/mol. The van der Waals surface area contributed by atoms with Gasteiger partial charge in [-0.2, -0.15) is 0 Å². The molecule has 4 heteroatoms. The van der Waals surface area contributed by atoms with E-state index in [2.05, 4.69) is 10.6 Å². The molecule has 0 aliphatic heterocycles. The van der Waals surface area contributed by atoms with Crippen molar-refractivity contribution in [3.63, 3.8) is 0 Å². The Kier molecular flexibility index (Phi) is 6.92. The molecule has 0 spiro atoms. The molecule has 0 heterocycles. The van der Waals surface area contributed by atoms with Crippen LogP contribution < -0.4 is 10.6 Å². The van der Waals surface area contributed by atoms with Crippen molar-refractivity contribution in [2.24, 2.45) is 0 Å². The van der Waals surface area contributed by atoms with Gasteiger partial charge in [0.1, 0.15) is 0 Å². The Labute approximate surface area is 96.8 Å². The summed E-state index contributed by atoms with van der Waals surface area (Å²) in [6.07, 6.45) is 5.14. The monoisotopic (exact) mass is 224 g/mol. The third kappa shape index (κ3) is 6.01. The fourth-order valence-corrected chi connectivity index (χ4v) is 1.30. The number of nitrogens with one attached hydrogen (secondary N) is 2. The molecular weight excluding hydrogens is 204 g/mol. The summed E-state index contributed by atoms with van der Waals surface area (Å²) in [5.41, 5.74) is 1.79. The minimum absolute atomic E-state index is 0.0624. The topological polar surface area (TPSA) is 58.2 Å². The van der Waals surface area contributed by atoms with Gasteiger partial charge in [0.2, 0.25) is 11.8 Å². The van der Waals surface area contributed by atoms with Crippen molar-refractivity contribution in [2.45, 2.75) is 40.5 Å². The zero-order chi connectivity index (χ0) is 12.6. The van der Waals surface area contributed by atoms with Crippen molar-refractivity contribution in [3.8, 4) is 0 Å². The lowest BCUT2D eigenvalue weighted by Crippen LogP contribution is -2.24. The summed E-state index contributed by atoms with van der Waals surface area (Å²) < 4.78 is 0. The van der Waals surface area contributed by atoms with Crippen LogP contribution in [0.4, 0.5) is 0 Å². The van der Waals surface area contributed by atoms with Gasteiger partial charge in [0.15, 0.2) is 0 Å². The lowest BCUT2D eigenvalue weighted by Gasteiger charge is -2.14. The second-order valence-corrected chi connectivity index (χ2v) is 3.25. The van der Waals surface area contributed by atoms with Crippen molar-refractivity contribution in [1.29, 1.82) is 0 Å².